The van der Waals surface area contributed by atoms with E-state index in [9.17, 15) is 9.59 Å². The number of carbonyl (C=O) groups excluding carboxylic acids is 2. The molecule has 0 bridgehead atoms. The molecule has 0 atom stereocenters. The first kappa shape index (κ1) is 21.4. The van der Waals surface area contributed by atoms with Gasteiger partial charge >= 0.3 is 0 Å². The van der Waals surface area contributed by atoms with Crippen LogP contribution in [-0.4, -0.2) is 33.3 Å². The second kappa shape index (κ2) is 10.5. The SMILES string of the molecule is O=C(CNC(=O)c1ccccc1)Nc1ccc(Nc2cc(Nc3ccccn3)ncn2)cc1. The number of nitrogens with one attached hydrogen (secondary N) is 4. The van der Waals surface area contributed by atoms with E-state index in [1.807, 2.05) is 36.4 Å². The van der Waals surface area contributed by atoms with Crippen LogP contribution in [0.1, 0.15) is 10.4 Å². The van der Waals surface area contributed by atoms with Gasteiger partial charge < -0.3 is 21.3 Å². The number of anilines is 5. The van der Waals surface area contributed by atoms with Crippen LogP contribution in [0.5, 0.6) is 0 Å². The van der Waals surface area contributed by atoms with Crippen molar-refractivity contribution in [2.45, 2.75) is 0 Å². The second-order valence-corrected chi connectivity index (χ2v) is 6.93. The maximum Gasteiger partial charge on any atom is 0.251 e. The smallest absolute Gasteiger partial charge is 0.251 e. The lowest BCUT2D eigenvalue weighted by Gasteiger charge is -2.10. The van der Waals surface area contributed by atoms with Gasteiger partial charge in [-0.25, -0.2) is 15.0 Å². The zero-order chi connectivity index (χ0) is 22.9. The number of amides is 2. The van der Waals surface area contributed by atoms with E-state index in [2.05, 4.69) is 36.2 Å². The van der Waals surface area contributed by atoms with Crippen LogP contribution in [-0.2, 0) is 4.79 Å². The summed E-state index contributed by atoms with van der Waals surface area (Å²) >= 11 is 0. The average Bonchev–Trinajstić information content (AvgIpc) is 2.85. The van der Waals surface area contributed by atoms with Gasteiger partial charge in [0, 0.05) is 29.2 Å². The third-order valence-corrected chi connectivity index (χ3v) is 4.47. The molecule has 2 aromatic carbocycles. The van der Waals surface area contributed by atoms with Crippen LogP contribution in [0.3, 0.4) is 0 Å². The van der Waals surface area contributed by atoms with Gasteiger partial charge in [0.15, 0.2) is 0 Å². The van der Waals surface area contributed by atoms with Gasteiger partial charge in [0.1, 0.15) is 23.8 Å². The summed E-state index contributed by atoms with van der Waals surface area (Å²) in [6, 6.07) is 23.2. The minimum Gasteiger partial charge on any atom is -0.343 e. The van der Waals surface area contributed by atoms with Gasteiger partial charge in [-0.3, -0.25) is 9.59 Å². The summed E-state index contributed by atoms with van der Waals surface area (Å²) in [5, 5.41) is 11.6. The fourth-order valence-corrected chi connectivity index (χ4v) is 2.90. The summed E-state index contributed by atoms with van der Waals surface area (Å²) in [7, 11) is 0. The number of aromatic nitrogens is 3. The molecule has 2 amide bonds. The van der Waals surface area contributed by atoms with E-state index >= 15 is 0 Å². The van der Waals surface area contributed by atoms with Crippen LogP contribution < -0.4 is 21.3 Å². The third kappa shape index (κ3) is 6.34. The van der Waals surface area contributed by atoms with Crippen LogP contribution in [0.4, 0.5) is 28.8 Å². The van der Waals surface area contributed by atoms with Crippen LogP contribution in [0.15, 0.2) is 91.4 Å². The zero-order valence-corrected chi connectivity index (χ0v) is 17.5. The number of rotatable bonds is 8. The highest BCUT2D eigenvalue weighted by Crippen LogP contribution is 2.20. The van der Waals surface area contributed by atoms with E-state index < -0.39 is 0 Å². The molecule has 4 aromatic rings. The van der Waals surface area contributed by atoms with E-state index in [-0.39, 0.29) is 18.4 Å². The van der Waals surface area contributed by atoms with Crippen molar-refractivity contribution in [3.63, 3.8) is 0 Å². The molecule has 2 aromatic heterocycles. The van der Waals surface area contributed by atoms with Gasteiger partial charge in [0.05, 0.1) is 6.54 Å². The number of nitrogens with zero attached hydrogens (tertiary/aromatic N) is 3. The largest absolute Gasteiger partial charge is 0.343 e. The van der Waals surface area contributed by atoms with E-state index in [4.69, 9.17) is 0 Å². The van der Waals surface area contributed by atoms with Crippen LogP contribution >= 0.6 is 0 Å². The fraction of sp³-hybridized carbons (Fsp3) is 0.0417. The van der Waals surface area contributed by atoms with Crippen molar-refractivity contribution in [1.82, 2.24) is 20.3 Å². The van der Waals surface area contributed by atoms with E-state index in [0.29, 0.717) is 28.7 Å². The first-order chi connectivity index (χ1) is 16.2. The molecule has 0 aliphatic carbocycles. The predicted octanol–water partition coefficient (Wildman–Crippen LogP) is 3.73. The van der Waals surface area contributed by atoms with Gasteiger partial charge in [-0.1, -0.05) is 24.3 Å². The van der Waals surface area contributed by atoms with Crippen molar-refractivity contribution >= 4 is 40.6 Å². The Labute approximate surface area is 190 Å². The molecular weight excluding hydrogens is 418 g/mol. The molecule has 0 aliphatic rings. The van der Waals surface area contributed by atoms with Crippen molar-refractivity contribution in [3.8, 4) is 0 Å². The molecular formula is C24H21N7O2. The number of carbonyl (C=O) groups is 2. The summed E-state index contributed by atoms with van der Waals surface area (Å²) in [5.74, 6) is 1.27. The quantitative estimate of drug-likeness (QED) is 0.330. The summed E-state index contributed by atoms with van der Waals surface area (Å²) in [6.45, 7) is -0.124. The van der Waals surface area contributed by atoms with Crippen molar-refractivity contribution in [1.29, 1.82) is 0 Å². The molecule has 9 nitrogen and oxygen atoms in total. The van der Waals surface area contributed by atoms with Crippen molar-refractivity contribution < 1.29 is 9.59 Å². The molecule has 2 heterocycles. The van der Waals surface area contributed by atoms with Crippen molar-refractivity contribution in [2.24, 2.45) is 0 Å². The molecule has 0 aliphatic heterocycles. The standard InChI is InChI=1S/C24H21N7O2/c32-23(15-26-24(33)17-6-2-1-3-7-17)30-19-11-9-18(10-12-19)29-21-14-22(28-16-27-21)31-20-8-4-5-13-25-20/h1-14,16H,15H2,(H,26,33)(H,30,32)(H2,25,27,28,29,31). The Kier molecular flexibility index (Phi) is 6.82. The minimum atomic E-state index is -0.318. The molecule has 4 rings (SSSR count). The topological polar surface area (TPSA) is 121 Å². The van der Waals surface area contributed by atoms with Crippen LogP contribution in [0, 0.1) is 0 Å². The van der Waals surface area contributed by atoms with Gasteiger partial charge in [0.2, 0.25) is 5.91 Å². The Bertz CT molecular complexity index is 1220. The maximum atomic E-state index is 12.1. The highest BCUT2D eigenvalue weighted by molar-refractivity contribution is 5.99. The summed E-state index contributed by atoms with van der Waals surface area (Å²) in [4.78, 5) is 36.8. The Hall–Kier alpha value is -4.79. The Balaban J connectivity index is 1.29. The first-order valence-corrected chi connectivity index (χ1v) is 10.2. The lowest BCUT2D eigenvalue weighted by Crippen LogP contribution is -2.32. The summed E-state index contributed by atoms with van der Waals surface area (Å²) < 4.78 is 0. The van der Waals surface area contributed by atoms with E-state index in [0.717, 1.165) is 5.69 Å². The maximum absolute atomic E-state index is 12.1. The Morgan fingerprint density at radius 2 is 1.39 bits per heavy atom. The molecule has 0 saturated carbocycles. The molecule has 0 radical (unpaired) electrons. The average molecular weight is 439 g/mol. The molecule has 0 unspecified atom stereocenters. The Morgan fingerprint density at radius 1 is 0.697 bits per heavy atom. The number of benzene rings is 2. The number of hydrogen-bond donors (Lipinski definition) is 4. The molecule has 164 valence electrons. The molecule has 9 heteroatoms. The summed E-state index contributed by atoms with van der Waals surface area (Å²) in [6.07, 6.45) is 3.15. The zero-order valence-electron chi connectivity index (χ0n) is 17.5. The fourth-order valence-electron chi connectivity index (χ4n) is 2.90. The molecule has 0 fully saturated rings. The predicted molar refractivity (Wildman–Crippen MR) is 127 cm³/mol. The van der Waals surface area contributed by atoms with E-state index in [1.165, 1.54) is 6.33 Å². The van der Waals surface area contributed by atoms with Gasteiger partial charge in [0.25, 0.3) is 5.91 Å². The molecule has 0 spiro atoms. The van der Waals surface area contributed by atoms with Crippen LogP contribution in [0.2, 0.25) is 0 Å². The van der Waals surface area contributed by atoms with E-state index in [1.54, 1.807) is 48.7 Å². The highest BCUT2D eigenvalue weighted by Gasteiger charge is 2.08. The third-order valence-electron chi connectivity index (χ3n) is 4.47. The molecule has 33 heavy (non-hydrogen) atoms. The molecule has 4 N–H and O–H groups in total. The first-order valence-electron chi connectivity index (χ1n) is 10.2. The van der Waals surface area contributed by atoms with Gasteiger partial charge in [-0.15, -0.1) is 0 Å². The number of hydrogen-bond acceptors (Lipinski definition) is 7. The lowest BCUT2D eigenvalue weighted by molar-refractivity contribution is -0.115. The van der Waals surface area contributed by atoms with Crippen molar-refractivity contribution in [2.75, 3.05) is 22.5 Å². The number of pyridine rings is 1. The lowest BCUT2D eigenvalue weighted by atomic mass is 10.2. The van der Waals surface area contributed by atoms with Gasteiger partial charge in [-0.05, 0) is 48.5 Å². The van der Waals surface area contributed by atoms with Crippen LogP contribution in [0.25, 0.3) is 0 Å². The Morgan fingerprint density at radius 3 is 2.12 bits per heavy atom. The molecule has 0 saturated heterocycles. The summed E-state index contributed by atoms with van der Waals surface area (Å²) in [5.41, 5.74) is 1.90. The minimum absolute atomic E-state index is 0.124. The monoisotopic (exact) mass is 439 g/mol. The normalized spacial score (nSPS) is 10.2. The van der Waals surface area contributed by atoms with Crippen molar-refractivity contribution in [3.05, 3.63) is 97.0 Å². The second-order valence-electron chi connectivity index (χ2n) is 6.93. The highest BCUT2D eigenvalue weighted by atomic mass is 16.2. The van der Waals surface area contributed by atoms with Gasteiger partial charge in [-0.2, -0.15) is 0 Å².